The normalized spacial score (nSPS) is 36.0. The Morgan fingerprint density at radius 2 is 1.51 bits per heavy atom. The summed E-state index contributed by atoms with van der Waals surface area (Å²) < 4.78 is 34.2. The molecule has 3 fully saturated rings. The topological polar surface area (TPSA) is 353 Å². The molecule has 0 aromatic carbocycles. The van der Waals surface area contributed by atoms with Gasteiger partial charge in [0.2, 0.25) is 11.8 Å². The third-order valence-electron chi connectivity index (χ3n) is 10.8. The number of carbonyl (C=O) groups excluding carboxylic acids is 2. The van der Waals surface area contributed by atoms with E-state index >= 15 is 0 Å². The lowest BCUT2D eigenvalue weighted by Gasteiger charge is -2.50. The monoisotopic (exact) mass is 884 g/mol. The van der Waals surface area contributed by atoms with E-state index in [1.54, 1.807) is 0 Å². The number of amides is 2. The Morgan fingerprint density at radius 3 is 2.11 bits per heavy atom. The van der Waals surface area contributed by atoms with Gasteiger partial charge in [0, 0.05) is 19.8 Å². The number of ether oxygens (including phenoxy) is 6. The molecule has 2 amide bonds. The van der Waals surface area contributed by atoms with Crippen LogP contribution in [0.4, 0.5) is 0 Å². The SMILES string of the molecule is CCC/C=C/C[C@H](CO[C@@H]1O[C@H](CO)[C@@H](O[C@@H]2O[C@H](CO)[C@H](O)[C@H](O[C@]3(C(=O)O)C[C@H](O)[C@@H](NC(C)=O)[C@H]([C@H](O)[C@H](O)CO)O3)[C@H]2O)[C@H](O)[C@H]1O)NC(=O)CCCCCCC. The zero-order valence-electron chi connectivity index (χ0n) is 34.9. The van der Waals surface area contributed by atoms with E-state index in [0.29, 0.717) is 19.3 Å². The van der Waals surface area contributed by atoms with Crippen LogP contribution in [-0.2, 0) is 42.8 Å². The maximum atomic E-state index is 12.8. The zero-order chi connectivity index (χ0) is 45.4. The molecule has 0 aromatic rings. The predicted octanol–water partition coefficient (Wildman–Crippen LogP) is -3.61. The number of hydrogen-bond donors (Lipinski definition) is 13. The Hall–Kier alpha value is -2.49. The van der Waals surface area contributed by atoms with E-state index in [1.807, 2.05) is 19.1 Å². The quantitative estimate of drug-likeness (QED) is 0.0311. The Bertz CT molecular complexity index is 1360. The molecule has 3 aliphatic heterocycles. The lowest BCUT2D eigenvalue weighted by Crippen LogP contribution is -2.70. The number of carboxylic acid groups (broad SMARTS) is 1. The van der Waals surface area contributed by atoms with Gasteiger partial charge in [-0.2, -0.15) is 0 Å². The summed E-state index contributed by atoms with van der Waals surface area (Å²) in [4.78, 5) is 37.5. The number of unbranched alkanes of at least 4 members (excludes halogenated alkanes) is 5. The summed E-state index contributed by atoms with van der Waals surface area (Å²) in [6, 6.07) is -2.11. The summed E-state index contributed by atoms with van der Waals surface area (Å²) >= 11 is 0. The minimum absolute atomic E-state index is 0.166. The van der Waals surface area contributed by atoms with Crippen molar-refractivity contribution in [3.8, 4) is 0 Å². The molecule has 0 unspecified atom stereocenters. The molecule has 0 aromatic heterocycles. The molecule has 13 N–H and O–H groups in total. The summed E-state index contributed by atoms with van der Waals surface area (Å²) in [5, 5.41) is 122. The molecule has 17 atom stereocenters. The molecule has 0 aliphatic carbocycles. The number of aliphatic hydroxyl groups is 10. The highest BCUT2D eigenvalue weighted by Gasteiger charge is 2.60. The number of rotatable bonds is 25. The second-order valence-electron chi connectivity index (χ2n) is 15.7. The van der Waals surface area contributed by atoms with Crippen LogP contribution in [0.5, 0.6) is 0 Å². The summed E-state index contributed by atoms with van der Waals surface area (Å²) in [7, 11) is 0. The van der Waals surface area contributed by atoms with Crippen molar-refractivity contribution in [3.05, 3.63) is 12.2 Å². The van der Waals surface area contributed by atoms with E-state index in [2.05, 4.69) is 17.6 Å². The van der Waals surface area contributed by atoms with E-state index in [0.717, 1.165) is 45.4 Å². The van der Waals surface area contributed by atoms with Crippen LogP contribution in [0.1, 0.15) is 85.0 Å². The van der Waals surface area contributed by atoms with Crippen molar-refractivity contribution in [2.45, 2.75) is 189 Å². The Morgan fingerprint density at radius 1 is 0.836 bits per heavy atom. The molecule has 0 bridgehead atoms. The van der Waals surface area contributed by atoms with Gasteiger partial charge in [-0.05, 0) is 19.3 Å². The van der Waals surface area contributed by atoms with Crippen LogP contribution >= 0.6 is 0 Å². The number of carboxylic acids is 1. The Kier molecular flexibility index (Phi) is 22.3. The maximum Gasteiger partial charge on any atom is 0.364 e. The van der Waals surface area contributed by atoms with Crippen molar-refractivity contribution in [2.24, 2.45) is 0 Å². The van der Waals surface area contributed by atoms with Crippen LogP contribution < -0.4 is 10.6 Å². The molecular formula is C39H68N2O20. The fraction of sp³-hybridized carbons (Fsp3) is 0.872. The average molecular weight is 885 g/mol. The fourth-order valence-corrected chi connectivity index (χ4v) is 7.40. The van der Waals surface area contributed by atoms with Crippen LogP contribution in [0.2, 0.25) is 0 Å². The van der Waals surface area contributed by atoms with E-state index in [9.17, 15) is 70.6 Å². The van der Waals surface area contributed by atoms with Crippen molar-refractivity contribution in [1.82, 2.24) is 10.6 Å². The Balaban J connectivity index is 1.79. The predicted molar refractivity (Wildman–Crippen MR) is 208 cm³/mol. The molecule has 22 heteroatoms. The lowest BCUT2D eigenvalue weighted by atomic mass is 9.88. The first-order valence-corrected chi connectivity index (χ1v) is 21.0. The van der Waals surface area contributed by atoms with Gasteiger partial charge in [-0.15, -0.1) is 0 Å². The van der Waals surface area contributed by atoms with Gasteiger partial charge in [0.15, 0.2) is 12.6 Å². The summed E-state index contributed by atoms with van der Waals surface area (Å²) in [5.74, 6) is -5.96. The molecule has 3 heterocycles. The molecule has 0 spiro atoms. The van der Waals surface area contributed by atoms with E-state index in [1.165, 1.54) is 0 Å². The van der Waals surface area contributed by atoms with Crippen LogP contribution in [0, 0.1) is 0 Å². The first kappa shape index (κ1) is 52.9. The van der Waals surface area contributed by atoms with Crippen LogP contribution in [0.15, 0.2) is 12.2 Å². The van der Waals surface area contributed by atoms with E-state index in [4.69, 9.17) is 28.4 Å². The zero-order valence-corrected chi connectivity index (χ0v) is 34.9. The van der Waals surface area contributed by atoms with Gasteiger partial charge in [-0.1, -0.05) is 58.1 Å². The van der Waals surface area contributed by atoms with Gasteiger partial charge in [-0.3, -0.25) is 9.59 Å². The molecule has 3 aliphatic rings. The second-order valence-corrected chi connectivity index (χ2v) is 15.7. The third kappa shape index (κ3) is 14.5. The largest absolute Gasteiger partial charge is 0.477 e. The van der Waals surface area contributed by atoms with Crippen LogP contribution in [0.25, 0.3) is 0 Å². The Labute approximate surface area is 354 Å². The van der Waals surface area contributed by atoms with E-state index < -0.39 is 142 Å². The van der Waals surface area contributed by atoms with Gasteiger partial charge >= 0.3 is 5.97 Å². The molecule has 3 saturated heterocycles. The standard InChI is InChI=1S/C39H68N2O20/c1-4-6-8-10-12-14-26(48)41-21(13-11-9-7-5-2)19-56-36-31(52)30(51)33(25(18-44)58-36)59-37-32(53)35(29(50)24(17-43)57-37)61-39(38(54)55)15-22(46)27(40-20(3)45)34(60-39)28(49)23(47)16-42/h9,11,21-25,27-37,42-44,46-47,49-53H,4-8,10,12-19H2,1-3H3,(H,40,45)(H,41,48)(H,54,55)/b11-9+/t21-,22+,23-,24-,25-,27-,28-,29+,30-,31-,32-,33-,34-,35+,36-,37+,39+/m1/s1. The van der Waals surface area contributed by atoms with Gasteiger partial charge in [0.1, 0.15) is 67.1 Å². The second kappa shape index (κ2) is 25.7. The number of allylic oxidation sites excluding steroid dienone is 1. The molecular weight excluding hydrogens is 816 g/mol. The first-order valence-electron chi connectivity index (χ1n) is 21.0. The van der Waals surface area contributed by atoms with Crippen molar-refractivity contribution in [3.63, 3.8) is 0 Å². The summed E-state index contributed by atoms with van der Waals surface area (Å²) in [6.07, 6.45) is -16.5. The molecule has 3 rings (SSSR count). The third-order valence-corrected chi connectivity index (χ3v) is 10.8. The number of aliphatic carboxylic acids is 1. The van der Waals surface area contributed by atoms with Gasteiger partial charge in [0.05, 0.1) is 44.6 Å². The molecule has 22 nitrogen and oxygen atoms in total. The van der Waals surface area contributed by atoms with Gasteiger partial charge in [0.25, 0.3) is 5.79 Å². The van der Waals surface area contributed by atoms with Crippen molar-refractivity contribution >= 4 is 17.8 Å². The van der Waals surface area contributed by atoms with Crippen LogP contribution in [-0.4, -0.2) is 204 Å². The summed E-state index contributed by atoms with van der Waals surface area (Å²) in [5.41, 5.74) is 0. The van der Waals surface area contributed by atoms with Gasteiger partial charge < -0.3 is 95.2 Å². The smallest absolute Gasteiger partial charge is 0.364 e. The molecule has 354 valence electrons. The van der Waals surface area contributed by atoms with Crippen molar-refractivity contribution in [1.29, 1.82) is 0 Å². The van der Waals surface area contributed by atoms with Gasteiger partial charge in [-0.25, -0.2) is 4.79 Å². The maximum absolute atomic E-state index is 12.8. The number of nitrogens with one attached hydrogen (secondary N) is 2. The highest BCUT2D eigenvalue weighted by atomic mass is 16.8. The average Bonchev–Trinajstić information content (AvgIpc) is 3.22. The minimum atomic E-state index is -3.05. The highest BCUT2D eigenvalue weighted by molar-refractivity contribution is 5.77. The van der Waals surface area contributed by atoms with Crippen LogP contribution in [0.3, 0.4) is 0 Å². The molecule has 61 heavy (non-hydrogen) atoms. The number of carbonyl (C=O) groups is 3. The first-order chi connectivity index (χ1) is 29.0. The van der Waals surface area contributed by atoms with E-state index in [-0.39, 0.29) is 12.5 Å². The fourth-order valence-electron chi connectivity index (χ4n) is 7.40. The lowest BCUT2D eigenvalue weighted by molar-refractivity contribution is -0.386. The number of aliphatic hydroxyl groups excluding tert-OH is 10. The molecule has 0 radical (unpaired) electrons. The van der Waals surface area contributed by atoms with Crippen molar-refractivity contribution < 1.29 is 99.0 Å². The number of hydrogen-bond acceptors (Lipinski definition) is 19. The highest BCUT2D eigenvalue weighted by Crippen LogP contribution is 2.38. The minimum Gasteiger partial charge on any atom is -0.477 e. The summed E-state index contributed by atoms with van der Waals surface area (Å²) in [6.45, 7) is 2.10. The molecule has 0 saturated carbocycles. The van der Waals surface area contributed by atoms with Crippen molar-refractivity contribution in [2.75, 3.05) is 26.4 Å².